The molecule has 0 aliphatic heterocycles. The van der Waals surface area contributed by atoms with Crippen LogP contribution in [0.15, 0.2) is 24.3 Å². The zero-order valence-corrected chi connectivity index (χ0v) is 9.32. The number of hydrogen-bond acceptors (Lipinski definition) is 3. The SMILES string of the molecule is COc1ccc(C(=O)CC(C)OC)cc1. The van der Waals surface area contributed by atoms with Crippen LogP contribution in [0, 0.1) is 0 Å². The standard InChI is InChI=1S/C12H16O3/c1-9(14-2)8-12(13)10-4-6-11(15-3)7-5-10/h4-7,9H,8H2,1-3H3. The second kappa shape index (κ2) is 5.51. The number of ketones is 1. The van der Waals surface area contributed by atoms with Gasteiger partial charge in [-0.25, -0.2) is 0 Å². The molecular formula is C12H16O3. The highest BCUT2D eigenvalue weighted by atomic mass is 16.5. The summed E-state index contributed by atoms with van der Waals surface area (Å²) in [5.74, 6) is 0.846. The van der Waals surface area contributed by atoms with Gasteiger partial charge in [-0.3, -0.25) is 4.79 Å². The first kappa shape index (κ1) is 11.7. The fourth-order valence-corrected chi connectivity index (χ4v) is 1.24. The van der Waals surface area contributed by atoms with Crippen LogP contribution in [0.2, 0.25) is 0 Å². The number of carbonyl (C=O) groups is 1. The van der Waals surface area contributed by atoms with E-state index in [4.69, 9.17) is 9.47 Å². The summed E-state index contributed by atoms with van der Waals surface area (Å²) in [6, 6.07) is 7.10. The Morgan fingerprint density at radius 2 is 1.87 bits per heavy atom. The molecule has 0 radical (unpaired) electrons. The van der Waals surface area contributed by atoms with E-state index >= 15 is 0 Å². The lowest BCUT2D eigenvalue weighted by Crippen LogP contribution is -2.12. The molecule has 1 rings (SSSR count). The van der Waals surface area contributed by atoms with Gasteiger partial charge in [-0.1, -0.05) is 0 Å². The van der Waals surface area contributed by atoms with E-state index in [0.29, 0.717) is 12.0 Å². The Bertz CT molecular complexity index is 316. The number of ether oxygens (including phenoxy) is 2. The molecule has 0 fully saturated rings. The summed E-state index contributed by atoms with van der Waals surface area (Å²) >= 11 is 0. The summed E-state index contributed by atoms with van der Waals surface area (Å²) < 4.78 is 10.1. The molecule has 0 amide bonds. The Morgan fingerprint density at radius 1 is 1.27 bits per heavy atom. The molecule has 0 spiro atoms. The highest BCUT2D eigenvalue weighted by Gasteiger charge is 2.10. The number of carbonyl (C=O) groups excluding carboxylic acids is 1. The summed E-state index contributed by atoms with van der Waals surface area (Å²) in [5, 5.41) is 0. The maximum atomic E-state index is 11.7. The van der Waals surface area contributed by atoms with Crippen LogP contribution in [0.5, 0.6) is 5.75 Å². The number of methoxy groups -OCH3 is 2. The Hall–Kier alpha value is -1.35. The van der Waals surface area contributed by atoms with E-state index < -0.39 is 0 Å². The molecule has 0 saturated carbocycles. The molecule has 15 heavy (non-hydrogen) atoms. The van der Waals surface area contributed by atoms with E-state index in [-0.39, 0.29) is 11.9 Å². The van der Waals surface area contributed by atoms with Gasteiger partial charge in [-0.05, 0) is 31.2 Å². The highest BCUT2D eigenvalue weighted by Crippen LogP contribution is 2.13. The Labute approximate surface area is 90.0 Å². The lowest BCUT2D eigenvalue weighted by atomic mass is 10.1. The third-order valence-electron chi connectivity index (χ3n) is 2.29. The molecule has 0 aromatic heterocycles. The van der Waals surface area contributed by atoms with Crippen molar-refractivity contribution in [1.82, 2.24) is 0 Å². The lowest BCUT2D eigenvalue weighted by molar-refractivity contribution is 0.0792. The van der Waals surface area contributed by atoms with Gasteiger partial charge in [0.1, 0.15) is 5.75 Å². The fraction of sp³-hybridized carbons (Fsp3) is 0.417. The van der Waals surface area contributed by atoms with Crippen molar-refractivity contribution in [1.29, 1.82) is 0 Å². The largest absolute Gasteiger partial charge is 0.497 e. The Kier molecular flexibility index (Phi) is 4.31. The second-order valence-electron chi connectivity index (χ2n) is 3.40. The second-order valence-corrected chi connectivity index (χ2v) is 3.40. The molecule has 0 saturated heterocycles. The summed E-state index contributed by atoms with van der Waals surface area (Å²) in [5.41, 5.74) is 0.694. The van der Waals surface area contributed by atoms with Crippen molar-refractivity contribution in [3.8, 4) is 5.75 Å². The first-order chi connectivity index (χ1) is 7.17. The van der Waals surface area contributed by atoms with Gasteiger partial charge < -0.3 is 9.47 Å². The zero-order valence-electron chi connectivity index (χ0n) is 9.32. The normalized spacial score (nSPS) is 12.2. The number of benzene rings is 1. The molecule has 1 atom stereocenters. The Balaban J connectivity index is 2.66. The average molecular weight is 208 g/mol. The number of Topliss-reactive ketones (excluding diaryl/α,β-unsaturated/α-hetero) is 1. The molecule has 1 aromatic carbocycles. The molecule has 0 bridgehead atoms. The van der Waals surface area contributed by atoms with Crippen LogP contribution in [0.4, 0.5) is 0 Å². The van der Waals surface area contributed by atoms with E-state index in [9.17, 15) is 4.79 Å². The van der Waals surface area contributed by atoms with Crippen LogP contribution < -0.4 is 4.74 Å². The van der Waals surface area contributed by atoms with Crippen molar-refractivity contribution < 1.29 is 14.3 Å². The predicted octanol–water partition coefficient (Wildman–Crippen LogP) is 2.30. The maximum Gasteiger partial charge on any atom is 0.165 e. The Morgan fingerprint density at radius 3 is 2.33 bits per heavy atom. The topological polar surface area (TPSA) is 35.5 Å². The quantitative estimate of drug-likeness (QED) is 0.696. The van der Waals surface area contributed by atoms with Crippen molar-refractivity contribution in [2.24, 2.45) is 0 Å². The average Bonchev–Trinajstić information content (AvgIpc) is 2.29. The van der Waals surface area contributed by atoms with Crippen LogP contribution >= 0.6 is 0 Å². The predicted molar refractivity (Wildman–Crippen MR) is 58.4 cm³/mol. The highest BCUT2D eigenvalue weighted by molar-refractivity contribution is 5.96. The molecule has 3 nitrogen and oxygen atoms in total. The summed E-state index contributed by atoms with van der Waals surface area (Å²) in [6.45, 7) is 1.88. The smallest absolute Gasteiger partial charge is 0.165 e. The first-order valence-electron chi connectivity index (χ1n) is 4.87. The van der Waals surface area contributed by atoms with Gasteiger partial charge in [-0.15, -0.1) is 0 Å². The zero-order chi connectivity index (χ0) is 11.3. The van der Waals surface area contributed by atoms with Gasteiger partial charge in [0.15, 0.2) is 5.78 Å². The van der Waals surface area contributed by atoms with Crippen LogP contribution in [0.25, 0.3) is 0 Å². The number of rotatable bonds is 5. The van der Waals surface area contributed by atoms with E-state index in [1.54, 1.807) is 38.5 Å². The van der Waals surface area contributed by atoms with E-state index in [0.717, 1.165) is 5.75 Å². The van der Waals surface area contributed by atoms with Crippen molar-refractivity contribution in [3.63, 3.8) is 0 Å². The molecule has 0 N–H and O–H groups in total. The monoisotopic (exact) mass is 208 g/mol. The first-order valence-corrected chi connectivity index (χ1v) is 4.87. The lowest BCUT2D eigenvalue weighted by Gasteiger charge is -2.08. The van der Waals surface area contributed by atoms with Gasteiger partial charge >= 0.3 is 0 Å². The number of hydrogen-bond donors (Lipinski definition) is 0. The molecule has 3 heteroatoms. The molecule has 1 unspecified atom stereocenters. The molecule has 82 valence electrons. The summed E-state index contributed by atoms with van der Waals surface area (Å²) in [6.07, 6.45) is 0.364. The van der Waals surface area contributed by atoms with Gasteiger partial charge in [-0.2, -0.15) is 0 Å². The van der Waals surface area contributed by atoms with Crippen molar-refractivity contribution in [2.45, 2.75) is 19.4 Å². The fourth-order valence-electron chi connectivity index (χ4n) is 1.24. The van der Waals surface area contributed by atoms with Crippen LogP contribution in [-0.4, -0.2) is 26.1 Å². The molecular weight excluding hydrogens is 192 g/mol. The molecule has 1 aromatic rings. The van der Waals surface area contributed by atoms with Gasteiger partial charge in [0, 0.05) is 19.1 Å². The summed E-state index contributed by atoms with van der Waals surface area (Å²) in [7, 11) is 3.20. The van der Waals surface area contributed by atoms with E-state index in [1.165, 1.54) is 0 Å². The van der Waals surface area contributed by atoms with Crippen LogP contribution in [0.3, 0.4) is 0 Å². The van der Waals surface area contributed by atoms with Crippen LogP contribution in [-0.2, 0) is 4.74 Å². The van der Waals surface area contributed by atoms with Crippen molar-refractivity contribution >= 4 is 5.78 Å². The van der Waals surface area contributed by atoms with Crippen molar-refractivity contribution in [3.05, 3.63) is 29.8 Å². The van der Waals surface area contributed by atoms with Crippen molar-refractivity contribution in [2.75, 3.05) is 14.2 Å². The van der Waals surface area contributed by atoms with Crippen LogP contribution in [0.1, 0.15) is 23.7 Å². The minimum Gasteiger partial charge on any atom is -0.497 e. The summed E-state index contributed by atoms with van der Waals surface area (Å²) in [4.78, 5) is 11.7. The van der Waals surface area contributed by atoms with Gasteiger partial charge in [0.2, 0.25) is 0 Å². The third kappa shape index (κ3) is 3.36. The minimum absolute atomic E-state index is 0.0420. The maximum absolute atomic E-state index is 11.7. The van der Waals surface area contributed by atoms with Gasteiger partial charge in [0.05, 0.1) is 13.2 Å². The minimum atomic E-state index is -0.0420. The van der Waals surface area contributed by atoms with E-state index in [2.05, 4.69) is 0 Å². The van der Waals surface area contributed by atoms with E-state index in [1.807, 2.05) is 6.92 Å². The molecule has 0 aliphatic rings. The third-order valence-corrected chi connectivity index (χ3v) is 2.29. The van der Waals surface area contributed by atoms with Gasteiger partial charge in [0.25, 0.3) is 0 Å². The molecule has 0 heterocycles. The molecule has 0 aliphatic carbocycles.